The Morgan fingerprint density at radius 2 is 1.73 bits per heavy atom. The summed E-state index contributed by atoms with van der Waals surface area (Å²) < 4.78 is 11.6. The van der Waals surface area contributed by atoms with Crippen molar-refractivity contribution in [2.24, 2.45) is 0 Å². The molecule has 1 aliphatic rings. The smallest absolute Gasteiger partial charge is 0.253 e. The van der Waals surface area contributed by atoms with Gasteiger partial charge in [-0.1, -0.05) is 65.8 Å². The fourth-order valence-electron chi connectivity index (χ4n) is 3.38. The molecule has 0 aliphatic carbocycles. The van der Waals surface area contributed by atoms with E-state index < -0.39 is 5.60 Å². The quantitative estimate of drug-likeness (QED) is 0.722. The third kappa shape index (κ3) is 2.70. The van der Waals surface area contributed by atoms with Gasteiger partial charge in [0.1, 0.15) is 23.6 Å². The molecule has 0 saturated heterocycles. The zero-order chi connectivity index (χ0) is 18.1. The number of ether oxygens (including phenoxy) is 1. The van der Waals surface area contributed by atoms with Gasteiger partial charge in [-0.05, 0) is 25.0 Å². The van der Waals surface area contributed by atoms with E-state index in [2.05, 4.69) is 5.16 Å². The van der Waals surface area contributed by atoms with Crippen LogP contribution < -0.4 is 4.90 Å². The van der Waals surface area contributed by atoms with Crippen molar-refractivity contribution in [3.63, 3.8) is 0 Å². The number of anilines is 1. The third-order valence-corrected chi connectivity index (χ3v) is 4.85. The molecule has 1 unspecified atom stereocenters. The monoisotopic (exact) mass is 348 g/mol. The number of carbonyl (C=O) groups is 1. The number of rotatable bonds is 3. The van der Waals surface area contributed by atoms with Crippen molar-refractivity contribution >= 4 is 11.6 Å². The summed E-state index contributed by atoms with van der Waals surface area (Å²) in [5, 5.41) is 4.28. The molecular weight excluding hydrogens is 328 g/mol. The number of nitrogens with zero attached hydrogens (tertiary/aromatic N) is 2. The average molecular weight is 348 g/mol. The second-order valence-corrected chi connectivity index (χ2v) is 6.59. The first-order chi connectivity index (χ1) is 12.6. The molecule has 1 atom stereocenters. The number of aromatic nitrogens is 1. The number of benzene rings is 2. The van der Waals surface area contributed by atoms with Crippen LogP contribution in [-0.2, 0) is 21.7 Å². The van der Waals surface area contributed by atoms with E-state index in [-0.39, 0.29) is 12.5 Å². The van der Waals surface area contributed by atoms with Crippen LogP contribution in [0.4, 0.5) is 5.69 Å². The van der Waals surface area contributed by atoms with Crippen molar-refractivity contribution in [1.82, 2.24) is 5.16 Å². The maximum Gasteiger partial charge on any atom is 0.253 e. The highest BCUT2D eigenvalue weighted by Gasteiger charge is 2.43. The molecule has 1 aliphatic heterocycles. The van der Waals surface area contributed by atoms with Crippen molar-refractivity contribution in [2.45, 2.75) is 26.0 Å². The second-order valence-electron chi connectivity index (χ2n) is 6.59. The highest BCUT2D eigenvalue weighted by atomic mass is 16.5. The number of fused-ring (bicyclic) bond motifs is 1. The van der Waals surface area contributed by atoms with Crippen molar-refractivity contribution in [2.75, 3.05) is 11.5 Å². The minimum atomic E-state index is -0.852. The third-order valence-electron chi connectivity index (χ3n) is 4.85. The van der Waals surface area contributed by atoms with Gasteiger partial charge in [-0.3, -0.25) is 4.79 Å². The zero-order valence-electron chi connectivity index (χ0n) is 14.8. The highest BCUT2D eigenvalue weighted by molar-refractivity contribution is 5.96. The molecule has 4 rings (SSSR count). The summed E-state index contributed by atoms with van der Waals surface area (Å²) in [7, 11) is 0. The van der Waals surface area contributed by atoms with Gasteiger partial charge in [-0.2, -0.15) is 0 Å². The maximum absolute atomic E-state index is 12.9. The lowest BCUT2D eigenvalue weighted by molar-refractivity contribution is -0.127. The standard InChI is InChI=1S/C21H20N2O3/c1-15-19-20(22-26-15)21(2,17-11-7-4-8-12-17)25-14-18(24)23(19)13-16-9-5-3-6-10-16/h3-12H,13-14H2,1-2H3. The lowest BCUT2D eigenvalue weighted by atomic mass is 9.91. The predicted octanol–water partition coefficient (Wildman–Crippen LogP) is 3.81. The topological polar surface area (TPSA) is 55.6 Å². The van der Waals surface area contributed by atoms with Gasteiger partial charge < -0.3 is 14.2 Å². The van der Waals surface area contributed by atoms with Crippen LogP contribution >= 0.6 is 0 Å². The fourth-order valence-corrected chi connectivity index (χ4v) is 3.38. The van der Waals surface area contributed by atoms with Gasteiger partial charge in [0.25, 0.3) is 5.91 Å². The van der Waals surface area contributed by atoms with E-state index in [9.17, 15) is 4.79 Å². The van der Waals surface area contributed by atoms with Gasteiger partial charge in [-0.25, -0.2) is 0 Å². The van der Waals surface area contributed by atoms with E-state index in [0.717, 1.165) is 11.1 Å². The Hall–Kier alpha value is -2.92. The number of carbonyl (C=O) groups excluding carboxylic acids is 1. The fraction of sp³-hybridized carbons (Fsp3) is 0.238. The zero-order valence-corrected chi connectivity index (χ0v) is 14.8. The van der Waals surface area contributed by atoms with Gasteiger partial charge in [0.2, 0.25) is 0 Å². The molecule has 3 aromatic rings. The second kappa shape index (κ2) is 6.42. The first kappa shape index (κ1) is 16.5. The number of hydrogen-bond acceptors (Lipinski definition) is 4. The van der Waals surface area contributed by atoms with Crippen LogP contribution in [0.3, 0.4) is 0 Å². The van der Waals surface area contributed by atoms with Crippen molar-refractivity contribution < 1.29 is 14.1 Å². The Morgan fingerprint density at radius 3 is 2.42 bits per heavy atom. The van der Waals surface area contributed by atoms with Gasteiger partial charge in [0.15, 0.2) is 5.76 Å². The summed E-state index contributed by atoms with van der Waals surface area (Å²) in [5.41, 5.74) is 2.44. The van der Waals surface area contributed by atoms with Crippen molar-refractivity contribution in [3.8, 4) is 0 Å². The van der Waals surface area contributed by atoms with Gasteiger partial charge in [0.05, 0.1) is 6.54 Å². The lowest BCUT2D eigenvalue weighted by Gasteiger charge is -2.27. The molecule has 5 heteroatoms. The minimum Gasteiger partial charge on any atom is -0.359 e. The molecule has 26 heavy (non-hydrogen) atoms. The molecule has 132 valence electrons. The largest absolute Gasteiger partial charge is 0.359 e. The molecule has 1 aromatic heterocycles. The molecule has 0 saturated carbocycles. The minimum absolute atomic E-state index is 0.0198. The SMILES string of the molecule is Cc1onc2c1N(Cc1ccccc1)C(=O)COC2(C)c1ccccc1. The molecule has 5 nitrogen and oxygen atoms in total. The summed E-state index contributed by atoms with van der Waals surface area (Å²) in [6, 6.07) is 19.7. The van der Waals surface area contributed by atoms with Crippen LogP contribution in [0.25, 0.3) is 0 Å². The van der Waals surface area contributed by atoms with Gasteiger partial charge >= 0.3 is 0 Å². The Labute approximate surface area is 152 Å². The molecule has 0 radical (unpaired) electrons. The Bertz CT molecular complexity index is 921. The summed E-state index contributed by atoms with van der Waals surface area (Å²) in [4.78, 5) is 14.6. The van der Waals surface area contributed by atoms with Crippen LogP contribution in [0, 0.1) is 6.92 Å². The Balaban J connectivity index is 1.83. The van der Waals surface area contributed by atoms with E-state index in [1.54, 1.807) is 4.90 Å². The van der Waals surface area contributed by atoms with Crippen molar-refractivity contribution in [1.29, 1.82) is 0 Å². The molecule has 2 heterocycles. The maximum atomic E-state index is 12.9. The normalized spacial score (nSPS) is 19.9. The number of aryl methyl sites for hydroxylation is 1. The summed E-state index contributed by atoms with van der Waals surface area (Å²) in [6.45, 7) is 4.19. The van der Waals surface area contributed by atoms with E-state index in [1.807, 2.05) is 74.5 Å². The van der Waals surface area contributed by atoms with E-state index in [4.69, 9.17) is 9.26 Å². The van der Waals surface area contributed by atoms with E-state index in [0.29, 0.717) is 23.7 Å². The van der Waals surface area contributed by atoms with Gasteiger partial charge in [0, 0.05) is 0 Å². The molecule has 0 N–H and O–H groups in total. The number of hydrogen-bond donors (Lipinski definition) is 0. The molecule has 2 aromatic carbocycles. The van der Waals surface area contributed by atoms with Crippen LogP contribution in [0.5, 0.6) is 0 Å². The molecular formula is C21H20N2O3. The molecule has 0 spiro atoms. The Morgan fingerprint density at radius 1 is 1.08 bits per heavy atom. The summed E-state index contributed by atoms with van der Waals surface area (Å²) >= 11 is 0. The van der Waals surface area contributed by atoms with Gasteiger partial charge in [-0.15, -0.1) is 0 Å². The molecule has 1 amide bonds. The van der Waals surface area contributed by atoms with E-state index in [1.165, 1.54) is 0 Å². The lowest BCUT2D eigenvalue weighted by Crippen LogP contribution is -2.33. The summed E-state index contributed by atoms with van der Waals surface area (Å²) in [5.74, 6) is 0.498. The Kier molecular flexibility index (Phi) is 4.09. The summed E-state index contributed by atoms with van der Waals surface area (Å²) in [6.07, 6.45) is 0. The average Bonchev–Trinajstić information content (AvgIpc) is 3.02. The van der Waals surface area contributed by atoms with E-state index >= 15 is 0 Å². The number of amides is 1. The van der Waals surface area contributed by atoms with Crippen molar-refractivity contribution in [3.05, 3.63) is 83.2 Å². The predicted molar refractivity (Wildman–Crippen MR) is 97.7 cm³/mol. The van der Waals surface area contributed by atoms with Crippen LogP contribution in [0.1, 0.15) is 29.5 Å². The van der Waals surface area contributed by atoms with Crippen LogP contribution in [-0.4, -0.2) is 17.7 Å². The first-order valence-electron chi connectivity index (χ1n) is 8.60. The molecule has 0 bridgehead atoms. The highest BCUT2D eigenvalue weighted by Crippen LogP contribution is 2.42. The van der Waals surface area contributed by atoms with Crippen LogP contribution in [0.15, 0.2) is 65.2 Å². The van der Waals surface area contributed by atoms with Crippen LogP contribution in [0.2, 0.25) is 0 Å². The first-order valence-corrected chi connectivity index (χ1v) is 8.60. The molecule has 0 fully saturated rings.